The molecule has 0 saturated heterocycles. The van der Waals surface area contributed by atoms with Crippen LogP contribution >= 0.6 is 11.6 Å². The van der Waals surface area contributed by atoms with E-state index in [0.29, 0.717) is 33.6 Å². The largest absolute Gasteiger partial charge is 0.493 e. The maximum absolute atomic E-state index is 12.9. The van der Waals surface area contributed by atoms with E-state index in [4.69, 9.17) is 21.1 Å². The van der Waals surface area contributed by atoms with Crippen LogP contribution in [-0.4, -0.2) is 34.2 Å². The first-order valence-corrected chi connectivity index (χ1v) is 12.3. The summed E-state index contributed by atoms with van der Waals surface area (Å²) in [6, 6.07) is 17.2. The molecule has 0 aromatic heterocycles. The SMILES string of the molecule is COc1ccccc1Oc1ccc(Cl)cc1NC(=O)CN(c1cccc(C)c1C)S(C)(=O)=O. The van der Waals surface area contributed by atoms with Crippen molar-refractivity contribution >= 4 is 38.9 Å². The first-order valence-electron chi connectivity index (χ1n) is 10.0. The zero-order valence-electron chi connectivity index (χ0n) is 18.8. The molecule has 0 unspecified atom stereocenters. The third-order valence-corrected chi connectivity index (χ3v) is 6.40. The highest BCUT2D eigenvalue weighted by atomic mass is 35.5. The molecule has 0 saturated carbocycles. The molecular weight excluding hydrogens is 464 g/mol. The van der Waals surface area contributed by atoms with Gasteiger partial charge in [0.1, 0.15) is 6.54 Å². The Morgan fingerprint density at radius 1 is 1.00 bits per heavy atom. The number of carbonyl (C=O) groups is 1. The van der Waals surface area contributed by atoms with Crippen molar-refractivity contribution in [3.8, 4) is 17.2 Å². The standard InChI is InChI=1S/C24H25ClN2O5S/c1-16-8-7-9-20(17(16)2)27(33(4,29)30)15-24(28)26-19-14-18(25)12-13-21(19)32-23-11-6-5-10-22(23)31-3/h5-14H,15H2,1-4H3,(H,26,28). The van der Waals surface area contributed by atoms with Gasteiger partial charge in [0.25, 0.3) is 0 Å². The molecule has 33 heavy (non-hydrogen) atoms. The molecule has 0 spiro atoms. The molecule has 3 aromatic rings. The Morgan fingerprint density at radius 3 is 2.36 bits per heavy atom. The molecule has 174 valence electrons. The monoisotopic (exact) mass is 488 g/mol. The number of sulfonamides is 1. The quantitative estimate of drug-likeness (QED) is 0.473. The molecule has 0 radical (unpaired) electrons. The van der Waals surface area contributed by atoms with Crippen molar-refractivity contribution in [1.82, 2.24) is 0 Å². The lowest BCUT2D eigenvalue weighted by atomic mass is 10.1. The zero-order chi connectivity index (χ0) is 24.2. The van der Waals surface area contributed by atoms with E-state index in [1.54, 1.807) is 42.5 Å². The second-order valence-corrected chi connectivity index (χ2v) is 9.77. The third-order valence-electron chi connectivity index (χ3n) is 5.04. The van der Waals surface area contributed by atoms with Gasteiger partial charge in [0.05, 0.1) is 24.7 Å². The number of halogens is 1. The van der Waals surface area contributed by atoms with E-state index in [1.807, 2.05) is 26.0 Å². The summed E-state index contributed by atoms with van der Waals surface area (Å²) < 4.78 is 37.3. The fourth-order valence-electron chi connectivity index (χ4n) is 3.22. The van der Waals surface area contributed by atoms with Crippen molar-refractivity contribution in [2.75, 3.05) is 29.5 Å². The van der Waals surface area contributed by atoms with Gasteiger partial charge in [-0.1, -0.05) is 35.9 Å². The predicted octanol–water partition coefficient (Wildman–Crippen LogP) is 5.16. The molecule has 7 nitrogen and oxygen atoms in total. The first-order chi connectivity index (χ1) is 15.6. The van der Waals surface area contributed by atoms with Crippen LogP contribution in [0.25, 0.3) is 0 Å². The molecule has 0 heterocycles. The van der Waals surface area contributed by atoms with Crippen molar-refractivity contribution in [3.63, 3.8) is 0 Å². The molecule has 0 aliphatic rings. The van der Waals surface area contributed by atoms with Gasteiger partial charge >= 0.3 is 0 Å². The summed E-state index contributed by atoms with van der Waals surface area (Å²) in [4.78, 5) is 12.9. The lowest BCUT2D eigenvalue weighted by molar-refractivity contribution is -0.114. The summed E-state index contributed by atoms with van der Waals surface area (Å²) in [5.41, 5.74) is 2.44. The number of rotatable bonds is 8. The Morgan fingerprint density at radius 2 is 1.70 bits per heavy atom. The molecule has 9 heteroatoms. The van der Waals surface area contributed by atoms with E-state index < -0.39 is 22.5 Å². The van der Waals surface area contributed by atoms with Gasteiger partial charge in [0.15, 0.2) is 17.2 Å². The van der Waals surface area contributed by atoms with Gasteiger partial charge in [0.2, 0.25) is 15.9 Å². The van der Waals surface area contributed by atoms with Gasteiger partial charge in [-0.15, -0.1) is 0 Å². The van der Waals surface area contributed by atoms with Gasteiger partial charge in [0, 0.05) is 5.02 Å². The molecule has 0 atom stereocenters. The topological polar surface area (TPSA) is 84.9 Å². The Bertz CT molecular complexity index is 1280. The van der Waals surface area contributed by atoms with Crippen molar-refractivity contribution in [2.24, 2.45) is 0 Å². The number of ether oxygens (including phenoxy) is 2. The zero-order valence-corrected chi connectivity index (χ0v) is 20.3. The van der Waals surface area contributed by atoms with E-state index >= 15 is 0 Å². The number of benzene rings is 3. The number of nitrogens with zero attached hydrogens (tertiary/aromatic N) is 1. The summed E-state index contributed by atoms with van der Waals surface area (Å²) in [5, 5.41) is 3.10. The van der Waals surface area contributed by atoms with Gasteiger partial charge in [-0.2, -0.15) is 0 Å². The fraction of sp³-hybridized carbons (Fsp3) is 0.208. The van der Waals surface area contributed by atoms with Crippen LogP contribution in [0.4, 0.5) is 11.4 Å². The summed E-state index contributed by atoms with van der Waals surface area (Å²) >= 11 is 6.14. The number of nitrogens with one attached hydrogen (secondary N) is 1. The Balaban J connectivity index is 1.89. The molecule has 1 amide bonds. The average molecular weight is 489 g/mol. The van der Waals surface area contributed by atoms with Crippen LogP contribution in [0.3, 0.4) is 0 Å². The minimum atomic E-state index is -3.72. The van der Waals surface area contributed by atoms with Crippen LogP contribution in [0.2, 0.25) is 5.02 Å². The van der Waals surface area contributed by atoms with Gasteiger partial charge in [-0.25, -0.2) is 8.42 Å². The van der Waals surface area contributed by atoms with E-state index in [1.165, 1.54) is 13.2 Å². The van der Waals surface area contributed by atoms with Crippen molar-refractivity contribution in [2.45, 2.75) is 13.8 Å². The lowest BCUT2D eigenvalue weighted by Gasteiger charge is -2.24. The van der Waals surface area contributed by atoms with Crippen molar-refractivity contribution < 1.29 is 22.7 Å². The number of methoxy groups -OCH3 is 1. The van der Waals surface area contributed by atoms with E-state index in [0.717, 1.165) is 21.7 Å². The second kappa shape index (κ2) is 10.1. The Kier molecular flexibility index (Phi) is 7.50. The molecular formula is C24H25ClN2O5S. The highest BCUT2D eigenvalue weighted by Crippen LogP contribution is 2.36. The Labute approximate surface area is 198 Å². The number of amides is 1. The number of anilines is 2. The van der Waals surface area contributed by atoms with Gasteiger partial charge in [-0.3, -0.25) is 9.10 Å². The number of carbonyl (C=O) groups excluding carboxylic acids is 1. The van der Waals surface area contributed by atoms with Gasteiger partial charge in [-0.05, 0) is 61.4 Å². The van der Waals surface area contributed by atoms with Crippen molar-refractivity contribution in [1.29, 1.82) is 0 Å². The fourth-order valence-corrected chi connectivity index (χ4v) is 4.30. The third kappa shape index (κ3) is 5.97. The normalized spacial score (nSPS) is 11.1. The summed E-state index contributed by atoms with van der Waals surface area (Å²) in [6.07, 6.45) is 1.07. The number of aryl methyl sites for hydroxylation is 1. The lowest BCUT2D eigenvalue weighted by Crippen LogP contribution is -2.38. The summed E-state index contributed by atoms with van der Waals surface area (Å²) in [5.74, 6) is 0.747. The van der Waals surface area contributed by atoms with Crippen LogP contribution in [0.15, 0.2) is 60.7 Å². The molecule has 0 bridgehead atoms. The molecule has 1 N–H and O–H groups in total. The molecule has 0 aliphatic heterocycles. The minimum absolute atomic E-state index is 0.299. The smallest absolute Gasteiger partial charge is 0.245 e. The average Bonchev–Trinajstić information content (AvgIpc) is 2.76. The van der Waals surface area contributed by atoms with Crippen LogP contribution in [0, 0.1) is 13.8 Å². The Hall–Kier alpha value is -3.23. The molecule has 0 aliphatic carbocycles. The molecule has 0 fully saturated rings. The van der Waals surface area contributed by atoms with Crippen LogP contribution in [0.1, 0.15) is 11.1 Å². The summed E-state index contributed by atoms with van der Waals surface area (Å²) in [7, 11) is -2.19. The highest BCUT2D eigenvalue weighted by molar-refractivity contribution is 7.92. The number of hydrogen-bond donors (Lipinski definition) is 1. The summed E-state index contributed by atoms with van der Waals surface area (Å²) in [6.45, 7) is 3.29. The van der Waals surface area contributed by atoms with E-state index in [2.05, 4.69) is 5.32 Å². The van der Waals surface area contributed by atoms with Gasteiger partial charge < -0.3 is 14.8 Å². The first kappa shape index (κ1) is 24.4. The minimum Gasteiger partial charge on any atom is -0.493 e. The highest BCUT2D eigenvalue weighted by Gasteiger charge is 2.23. The number of para-hydroxylation sites is 2. The van der Waals surface area contributed by atoms with Crippen LogP contribution in [0.5, 0.6) is 17.2 Å². The van der Waals surface area contributed by atoms with Crippen molar-refractivity contribution in [3.05, 3.63) is 76.8 Å². The van der Waals surface area contributed by atoms with E-state index in [9.17, 15) is 13.2 Å². The van der Waals surface area contributed by atoms with Crippen LogP contribution < -0.4 is 19.1 Å². The second-order valence-electron chi connectivity index (χ2n) is 7.43. The molecule has 3 rings (SSSR count). The maximum atomic E-state index is 12.9. The maximum Gasteiger partial charge on any atom is 0.245 e. The van der Waals surface area contributed by atoms with E-state index in [-0.39, 0.29) is 0 Å². The number of hydrogen-bond acceptors (Lipinski definition) is 5. The van der Waals surface area contributed by atoms with Crippen LogP contribution in [-0.2, 0) is 14.8 Å². The predicted molar refractivity (Wildman–Crippen MR) is 131 cm³/mol. The molecule has 3 aromatic carbocycles.